The number of benzene rings is 2. The second-order valence-electron chi connectivity index (χ2n) is 4.35. The van der Waals surface area contributed by atoms with Crippen molar-refractivity contribution in [2.24, 2.45) is 0 Å². The molecule has 3 aromatic rings. The largest absolute Gasteiger partial charge is 0.423 e. The van der Waals surface area contributed by atoms with Crippen molar-refractivity contribution in [1.82, 2.24) is 4.98 Å². The van der Waals surface area contributed by atoms with E-state index in [1.54, 1.807) is 36.5 Å². The Morgan fingerprint density at radius 3 is 2.71 bits per heavy atom. The third-order valence-electron chi connectivity index (χ3n) is 2.88. The molecule has 1 N–H and O–H groups in total. The molecule has 2 aromatic carbocycles. The van der Waals surface area contributed by atoms with E-state index >= 15 is 0 Å². The summed E-state index contributed by atoms with van der Waals surface area (Å²) >= 11 is 0. The summed E-state index contributed by atoms with van der Waals surface area (Å²) in [6.07, 6.45) is 1.57. The lowest BCUT2D eigenvalue weighted by Crippen LogP contribution is -1.89. The molecule has 0 aliphatic rings. The van der Waals surface area contributed by atoms with Crippen molar-refractivity contribution in [2.45, 2.75) is 0 Å². The maximum absolute atomic E-state index is 12.8. The highest BCUT2D eigenvalue weighted by Gasteiger charge is 2.07. The van der Waals surface area contributed by atoms with Gasteiger partial charge in [-0.2, -0.15) is 5.26 Å². The van der Waals surface area contributed by atoms with Crippen LogP contribution in [0.4, 0.5) is 16.1 Å². The van der Waals surface area contributed by atoms with E-state index in [1.807, 2.05) is 6.07 Å². The van der Waals surface area contributed by atoms with Crippen LogP contribution in [-0.4, -0.2) is 4.98 Å². The number of oxazole rings is 1. The maximum atomic E-state index is 12.8. The van der Waals surface area contributed by atoms with Gasteiger partial charge in [0.15, 0.2) is 5.76 Å². The van der Waals surface area contributed by atoms with E-state index in [1.165, 1.54) is 12.1 Å². The van der Waals surface area contributed by atoms with Gasteiger partial charge in [0.2, 0.25) is 0 Å². The molecule has 0 saturated carbocycles. The molecule has 0 aliphatic carbocycles. The van der Waals surface area contributed by atoms with Gasteiger partial charge in [-0.05, 0) is 36.4 Å². The standard InChI is InChI=1S/C16H10FN3O/c17-13-4-6-14(7-5-13)20-16-19-10-15(21-16)12-3-1-2-11(8-12)9-18/h1-8,10H,(H,19,20). The Bertz CT molecular complexity index is 803. The summed E-state index contributed by atoms with van der Waals surface area (Å²) in [5.41, 5.74) is 2.00. The first-order chi connectivity index (χ1) is 10.2. The second kappa shape index (κ2) is 5.47. The Morgan fingerprint density at radius 1 is 1.14 bits per heavy atom. The predicted octanol–water partition coefficient (Wildman–Crippen LogP) is 4.10. The van der Waals surface area contributed by atoms with Crippen molar-refractivity contribution in [3.8, 4) is 17.4 Å². The lowest BCUT2D eigenvalue weighted by molar-refractivity contribution is 0.592. The van der Waals surface area contributed by atoms with Crippen LogP contribution in [0, 0.1) is 17.1 Å². The number of anilines is 2. The number of nitrogens with zero attached hydrogens (tertiary/aromatic N) is 2. The molecule has 0 radical (unpaired) electrons. The first-order valence-electron chi connectivity index (χ1n) is 6.23. The van der Waals surface area contributed by atoms with Gasteiger partial charge in [0.1, 0.15) is 5.82 Å². The van der Waals surface area contributed by atoms with E-state index in [9.17, 15) is 4.39 Å². The van der Waals surface area contributed by atoms with E-state index in [-0.39, 0.29) is 5.82 Å². The number of nitrogens with one attached hydrogen (secondary N) is 1. The van der Waals surface area contributed by atoms with E-state index < -0.39 is 0 Å². The molecule has 0 bridgehead atoms. The molecule has 3 rings (SSSR count). The Labute approximate surface area is 120 Å². The van der Waals surface area contributed by atoms with Crippen LogP contribution in [0.15, 0.2) is 59.1 Å². The molecule has 21 heavy (non-hydrogen) atoms. The summed E-state index contributed by atoms with van der Waals surface area (Å²) in [5, 5.41) is 11.8. The molecule has 0 unspecified atom stereocenters. The predicted molar refractivity (Wildman–Crippen MR) is 76.3 cm³/mol. The monoisotopic (exact) mass is 279 g/mol. The molecule has 4 nitrogen and oxygen atoms in total. The van der Waals surface area contributed by atoms with E-state index in [4.69, 9.17) is 9.68 Å². The Balaban J connectivity index is 1.83. The zero-order valence-electron chi connectivity index (χ0n) is 10.9. The Hall–Kier alpha value is -3.13. The summed E-state index contributed by atoms with van der Waals surface area (Å²) in [6.45, 7) is 0. The molecular formula is C16H10FN3O. The molecule has 1 heterocycles. The fourth-order valence-corrected chi connectivity index (χ4v) is 1.86. The summed E-state index contributed by atoms with van der Waals surface area (Å²) < 4.78 is 18.4. The van der Waals surface area contributed by atoms with Crippen molar-refractivity contribution in [3.63, 3.8) is 0 Å². The minimum atomic E-state index is -0.304. The van der Waals surface area contributed by atoms with Gasteiger partial charge in [0, 0.05) is 11.3 Å². The van der Waals surface area contributed by atoms with Crippen LogP contribution in [-0.2, 0) is 0 Å². The van der Waals surface area contributed by atoms with Gasteiger partial charge in [-0.3, -0.25) is 0 Å². The fourth-order valence-electron chi connectivity index (χ4n) is 1.86. The highest BCUT2D eigenvalue weighted by Crippen LogP contribution is 2.25. The highest BCUT2D eigenvalue weighted by atomic mass is 19.1. The van der Waals surface area contributed by atoms with Gasteiger partial charge >= 0.3 is 0 Å². The van der Waals surface area contributed by atoms with Crippen LogP contribution < -0.4 is 5.32 Å². The van der Waals surface area contributed by atoms with Crippen molar-refractivity contribution >= 4 is 11.7 Å². The average Bonchev–Trinajstić information content (AvgIpc) is 2.98. The number of hydrogen-bond acceptors (Lipinski definition) is 4. The third kappa shape index (κ3) is 2.90. The van der Waals surface area contributed by atoms with Crippen LogP contribution in [0.5, 0.6) is 0 Å². The van der Waals surface area contributed by atoms with Crippen molar-refractivity contribution in [2.75, 3.05) is 5.32 Å². The summed E-state index contributed by atoms with van der Waals surface area (Å²) in [5.74, 6) is 0.249. The van der Waals surface area contributed by atoms with Crippen molar-refractivity contribution in [3.05, 3.63) is 66.1 Å². The van der Waals surface area contributed by atoms with E-state index in [2.05, 4.69) is 16.4 Å². The summed E-state index contributed by atoms with van der Waals surface area (Å²) in [4.78, 5) is 4.11. The Morgan fingerprint density at radius 2 is 1.95 bits per heavy atom. The van der Waals surface area contributed by atoms with Gasteiger partial charge in [-0.15, -0.1) is 0 Å². The SMILES string of the molecule is N#Cc1cccc(-c2cnc(Nc3ccc(F)cc3)o2)c1. The van der Waals surface area contributed by atoms with Gasteiger partial charge in [0.25, 0.3) is 6.01 Å². The van der Waals surface area contributed by atoms with Gasteiger partial charge in [-0.1, -0.05) is 12.1 Å². The molecule has 5 heteroatoms. The summed E-state index contributed by atoms with van der Waals surface area (Å²) in [7, 11) is 0. The van der Waals surface area contributed by atoms with Crippen LogP contribution >= 0.6 is 0 Å². The number of nitriles is 1. The zero-order chi connectivity index (χ0) is 14.7. The highest BCUT2D eigenvalue weighted by molar-refractivity contribution is 5.61. The third-order valence-corrected chi connectivity index (χ3v) is 2.88. The van der Waals surface area contributed by atoms with Gasteiger partial charge < -0.3 is 9.73 Å². The number of aromatic nitrogens is 1. The normalized spacial score (nSPS) is 10.1. The van der Waals surface area contributed by atoms with Gasteiger partial charge in [-0.25, -0.2) is 9.37 Å². The van der Waals surface area contributed by atoms with Gasteiger partial charge in [0.05, 0.1) is 17.8 Å². The second-order valence-corrected chi connectivity index (χ2v) is 4.35. The molecule has 0 saturated heterocycles. The molecule has 0 amide bonds. The number of rotatable bonds is 3. The lowest BCUT2D eigenvalue weighted by Gasteiger charge is -2.01. The molecule has 0 spiro atoms. The van der Waals surface area contributed by atoms with Crippen molar-refractivity contribution < 1.29 is 8.81 Å². The minimum absolute atomic E-state index is 0.304. The zero-order valence-corrected chi connectivity index (χ0v) is 10.9. The van der Waals surface area contributed by atoms with Crippen LogP contribution in [0.1, 0.15) is 5.56 Å². The first-order valence-corrected chi connectivity index (χ1v) is 6.23. The fraction of sp³-hybridized carbons (Fsp3) is 0. The summed E-state index contributed by atoms with van der Waals surface area (Å²) in [6, 6.07) is 15.3. The van der Waals surface area contributed by atoms with Crippen LogP contribution in [0.3, 0.4) is 0 Å². The number of hydrogen-bond donors (Lipinski definition) is 1. The van der Waals surface area contributed by atoms with Crippen LogP contribution in [0.25, 0.3) is 11.3 Å². The van der Waals surface area contributed by atoms with E-state index in [0.29, 0.717) is 23.0 Å². The lowest BCUT2D eigenvalue weighted by atomic mass is 10.1. The topological polar surface area (TPSA) is 61.9 Å². The van der Waals surface area contributed by atoms with Crippen LogP contribution in [0.2, 0.25) is 0 Å². The molecule has 0 atom stereocenters. The quantitative estimate of drug-likeness (QED) is 0.784. The molecule has 102 valence electrons. The molecule has 0 fully saturated rings. The minimum Gasteiger partial charge on any atom is -0.423 e. The molecule has 0 aliphatic heterocycles. The maximum Gasteiger partial charge on any atom is 0.299 e. The van der Waals surface area contributed by atoms with Crippen molar-refractivity contribution in [1.29, 1.82) is 5.26 Å². The average molecular weight is 279 g/mol. The van der Waals surface area contributed by atoms with E-state index in [0.717, 1.165) is 5.56 Å². The first kappa shape index (κ1) is 12.9. The molecule has 1 aromatic heterocycles. The smallest absolute Gasteiger partial charge is 0.299 e. The Kier molecular flexibility index (Phi) is 3.36. The molecular weight excluding hydrogens is 269 g/mol. The number of halogens is 1.